The standard InChI is InChI=1S/C11H19N3O2/c1-8(5-11(15)12-3)14(4)6-10-7-16-9(2)13-10/h7-8H,5-6H2,1-4H3,(H,12,15)/t8-/m1/s1. The summed E-state index contributed by atoms with van der Waals surface area (Å²) in [5, 5.41) is 2.62. The summed E-state index contributed by atoms with van der Waals surface area (Å²) in [4.78, 5) is 17.5. The first kappa shape index (κ1) is 12.7. The highest BCUT2D eigenvalue weighted by Gasteiger charge is 2.14. The number of oxazole rings is 1. The van der Waals surface area contributed by atoms with E-state index < -0.39 is 0 Å². The van der Waals surface area contributed by atoms with Crippen LogP contribution in [0, 0.1) is 6.92 Å². The summed E-state index contributed by atoms with van der Waals surface area (Å²) in [6.07, 6.45) is 2.14. The van der Waals surface area contributed by atoms with E-state index in [2.05, 4.69) is 15.2 Å². The van der Waals surface area contributed by atoms with E-state index in [1.807, 2.05) is 20.9 Å². The molecule has 0 bridgehead atoms. The smallest absolute Gasteiger partial charge is 0.221 e. The van der Waals surface area contributed by atoms with Crippen LogP contribution in [0.3, 0.4) is 0 Å². The van der Waals surface area contributed by atoms with Gasteiger partial charge in [0.15, 0.2) is 5.89 Å². The fraction of sp³-hybridized carbons (Fsp3) is 0.636. The van der Waals surface area contributed by atoms with Gasteiger partial charge in [-0.3, -0.25) is 9.69 Å². The van der Waals surface area contributed by atoms with E-state index >= 15 is 0 Å². The fourth-order valence-corrected chi connectivity index (χ4v) is 1.42. The lowest BCUT2D eigenvalue weighted by Gasteiger charge is -2.22. The average molecular weight is 225 g/mol. The average Bonchev–Trinajstić information content (AvgIpc) is 2.63. The summed E-state index contributed by atoms with van der Waals surface area (Å²) in [6.45, 7) is 4.52. The van der Waals surface area contributed by atoms with Crippen LogP contribution in [0.25, 0.3) is 0 Å². The molecule has 1 heterocycles. The third-order valence-corrected chi connectivity index (χ3v) is 2.59. The van der Waals surface area contributed by atoms with Crippen LogP contribution in [0.15, 0.2) is 10.7 Å². The summed E-state index contributed by atoms with van der Waals surface area (Å²) in [5.41, 5.74) is 0.892. The molecule has 0 aliphatic carbocycles. The summed E-state index contributed by atoms with van der Waals surface area (Å²) >= 11 is 0. The molecule has 0 saturated heterocycles. The van der Waals surface area contributed by atoms with Crippen LogP contribution in [-0.2, 0) is 11.3 Å². The predicted octanol–water partition coefficient (Wildman–Crippen LogP) is 0.939. The maximum absolute atomic E-state index is 11.2. The molecule has 1 aromatic heterocycles. The molecule has 5 heteroatoms. The number of carbonyl (C=O) groups is 1. The van der Waals surface area contributed by atoms with Crippen molar-refractivity contribution in [2.45, 2.75) is 32.9 Å². The zero-order valence-corrected chi connectivity index (χ0v) is 10.3. The van der Waals surface area contributed by atoms with Gasteiger partial charge in [0, 0.05) is 33.0 Å². The minimum absolute atomic E-state index is 0.0516. The maximum Gasteiger partial charge on any atom is 0.221 e. The summed E-state index contributed by atoms with van der Waals surface area (Å²) < 4.78 is 5.13. The second-order valence-corrected chi connectivity index (χ2v) is 4.00. The predicted molar refractivity (Wildman–Crippen MR) is 60.9 cm³/mol. The molecule has 1 aromatic rings. The molecule has 0 fully saturated rings. The van der Waals surface area contributed by atoms with Crippen molar-refractivity contribution in [1.82, 2.24) is 15.2 Å². The number of hydrogen-bond donors (Lipinski definition) is 1. The van der Waals surface area contributed by atoms with E-state index in [4.69, 9.17) is 4.42 Å². The van der Waals surface area contributed by atoms with Crippen LogP contribution in [-0.4, -0.2) is 35.9 Å². The first-order valence-electron chi connectivity index (χ1n) is 5.34. The van der Waals surface area contributed by atoms with Crippen LogP contribution >= 0.6 is 0 Å². The molecule has 0 aromatic carbocycles. The molecule has 1 rings (SSSR count). The Morgan fingerprint density at radius 3 is 2.88 bits per heavy atom. The molecule has 0 aliphatic rings. The minimum Gasteiger partial charge on any atom is -0.449 e. The van der Waals surface area contributed by atoms with Crippen molar-refractivity contribution < 1.29 is 9.21 Å². The van der Waals surface area contributed by atoms with Crippen molar-refractivity contribution in [2.75, 3.05) is 14.1 Å². The molecule has 90 valence electrons. The lowest BCUT2D eigenvalue weighted by atomic mass is 10.2. The monoisotopic (exact) mass is 225 g/mol. The highest BCUT2D eigenvalue weighted by Crippen LogP contribution is 2.08. The second-order valence-electron chi connectivity index (χ2n) is 4.00. The van der Waals surface area contributed by atoms with Gasteiger partial charge in [0.2, 0.25) is 5.91 Å². The first-order valence-corrected chi connectivity index (χ1v) is 5.34. The molecule has 16 heavy (non-hydrogen) atoms. The molecule has 0 aliphatic heterocycles. The number of aryl methyl sites for hydroxylation is 1. The topological polar surface area (TPSA) is 58.4 Å². The number of carbonyl (C=O) groups excluding carboxylic acids is 1. The van der Waals surface area contributed by atoms with Gasteiger partial charge >= 0.3 is 0 Å². The van der Waals surface area contributed by atoms with Gasteiger partial charge < -0.3 is 9.73 Å². The molecular weight excluding hydrogens is 206 g/mol. The highest BCUT2D eigenvalue weighted by atomic mass is 16.3. The highest BCUT2D eigenvalue weighted by molar-refractivity contribution is 5.76. The number of amides is 1. The summed E-state index contributed by atoms with van der Waals surface area (Å²) in [7, 11) is 3.62. The zero-order chi connectivity index (χ0) is 12.1. The number of nitrogens with zero attached hydrogens (tertiary/aromatic N) is 2. The molecule has 0 saturated carbocycles. The van der Waals surface area contributed by atoms with Gasteiger partial charge in [0.05, 0.1) is 5.69 Å². The van der Waals surface area contributed by atoms with E-state index in [9.17, 15) is 4.79 Å². The Hall–Kier alpha value is -1.36. The molecule has 0 radical (unpaired) electrons. The lowest BCUT2D eigenvalue weighted by Crippen LogP contribution is -2.33. The van der Waals surface area contributed by atoms with Gasteiger partial charge in [-0.25, -0.2) is 4.98 Å². The first-order chi connectivity index (χ1) is 7.52. The fourth-order valence-electron chi connectivity index (χ4n) is 1.42. The Balaban J connectivity index is 2.45. The van der Waals surface area contributed by atoms with Crippen molar-refractivity contribution in [3.8, 4) is 0 Å². The number of nitrogens with one attached hydrogen (secondary N) is 1. The molecule has 1 N–H and O–H groups in total. The summed E-state index contributed by atoms with van der Waals surface area (Å²) in [6, 6.07) is 0.178. The quantitative estimate of drug-likeness (QED) is 0.810. The van der Waals surface area contributed by atoms with E-state index in [1.165, 1.54) is 0 Å². The number of hydrogen-bond acceptors (Lipinski definition) is 4. The van der Waals surface area contributed by atoms with E-state index in [-0.39, 0.29) is 11.9 Å². The van der Waals surface area contributed by atoms with Gasteiger partial charge in [0.1, 0.15) is 6.26 Å². The van der Waals surface area contributed by atoms with Gasteiger partial charge in [-0.1, -0.05) is 0 Å². The molecule has 1 atom stereocenters. The summed E-state index contributed by atoms with van der Waals surface area (Å²) in [5.74, 6) is 0.720. The maximum atomic E-state index is 11.2. The molecule has 0 spiro atoms. The molecule has 1 amide bonds. The second kappa shape index (κ2) is 5.65. The molecular formula is C11H19N3O2. The Morgan fingerprint density at radius 1 is 1.69 bits per heavy atom. The third kappa shape index (κ3) is 3.66. The van der Waals surface area contributed by atoms with Gasteiger partial charge in [0.25, 0.3) is 0 Å². The minimum atomic E-state index is 0.0516. The SMILES string of the molecule is CNC(=O)C[C@@H](C)N(C)Cc1coc(C)n1. The third-order valence-electron chi connectivity index (χ3n) is 2.59. The largest absolute Gasteiger partial charge is 0.449 e. The van der Waals surface area contributed by atoms with Crippen molar-refractivity contribution in [2.24, 2.45) is 0 Å². The Kier molecular flexibility index (Phi) is 4.49. The lowest BCUT2D eigenvalue weighted by molar-refractivity contribution is -0.121. The molecule has 5 nitrogen and oxygen atoms in total. The van der Waals surface area contributed by atoms with Gasteiger partial charge in [-0.2, -0.15) is 0 Å². The van der Waals surface area contributed by atoms with E-state index in [1.54, 1.807) is 13.3 Å². The van der Waals surface area contributed by atoms with Crippen LogP contribution in [0.2, 0.25) is 0 Å². The Labute approximate surface area is 95.8 Å². The van der Waals surface area contributed by atoms with E-state index in [0.29, 0.717) is 18.9 Å². The Morgan fingerprint density at radius 2 is 2.38 bits per heavy atom. The van der Waals surface area contributed by atoms with Crippen molar-refractivity contribution >= 4 is 5.91 Å². The van der Waals surface area contributed by atoms with Crippen LogP contribution in [0.4, 0.5) is 0 Å². The van der Waals surface area contributed by atoms with Crippen molar-refractivity contribution in [1.29, 1.82) is 0 Å². The zero-order valence-electron chi connectivity index (χ0n) is 10.3. The van der Waals surface area contributed by atoms with Gasteiger partial charge in [-0.15, -0.1) is 0 Å². The van der Waals surface area contributed by atoms with Crippen molar-refractivity contribution in [3.63, 3.8) is 0 Å². The van der Waals surface area contributed by atoms with Crippen molar-refractivity contribution in [3.05, 3.63) is 17.8 Å². The number of aromatic nitrogens is 1. The van der Waals surface area contributed by atoms with Crippen LogP contribution in [0.1, 0.15) is 24.9 Å². The number of rotatable bonds is 5. The normalized spacial score (nSPS) is 12.8. The Bertz CT molecular complexity index is 349. The van der Waals surface area contributed by atoms with E-state index in [0.717, 1.165) is 5.69 Å². The molecule has 0 unspecified atom stereocenters. The van der Waals surface area contributed by atoms with Gasteiger partial charge in [-0.05, 0) is 14.0 Å². The van der Waals surface area contributed by atoms with Crippen LogP contribution < -0.4 is 5.32 Å². The van der Waals surface area contributed by atoms with Crippen LogP contribution in [0.5, 0.6) is 0 Å².